The topological polar surface area (TPSA) is 38.0 Å². The van der Waals surface area contributed by atoms with Gasteiger partial charge < -0.3 is 0 Å². The largest absolute Gasteiger partial charge is 0.271 e. The zero-order valence-electron chi connectivity index (χ0n) is 10.6. The molecule has 0 amide bonds. The molecule has 2 aromatic carbocycles. The predicted octanol–water partition coefficient (Wildman–Crippen LogP) is 4.38. The van der Waals surface area contributed by atoms with Crippen molar-refractivity contribution in [3.05, 3.63) is 67.9 Å². The SMILES string of the molecule is NNC(Cc1ccc(Br)cc1F)c1ccc(F)c(F)c1Br. The van der Waals surface area contributed by atoms with E-state index in [1.165, 1.54) is 12.1 Å². The summed E-state index contributed by atoms with van der Waals surface area (Å²) in [4.78, 5) is 0. The van der Waals surface area contributed by atoms with E-state index in [1.807, 2.05) is 0 Å². The van der Waals surface area contributed by atoms with E-state index in [-0.39, 0.29) is 10.9 Å². The molecule has 2 rings (SSSR count). The Morgan fingerprint density at radius 1 is 1.05 bits per heavy atom. The van der Waals surface area contributed by atoms with Crippen molar-refractivity contribution in [3.63, 3.8) is 0 Å². The molecule has 7 heteroatoms. The van der Waals surface area contributed by atoms with E-state index in [1.54, 1.807) is 12.1 Å². The first-order valence-electron chi connectivity index (χ1n) is 5.97. The molecule has 0 aliphatic heterocycles. The summed E-state index contributed by atoms with van der Waals surface area (Å²) < 4.78 is 41.2. The number of rotatable bonds is 4. The minimum Gasteiger partial charge on any atom is -0.271 e. The molecule has 2 aromatic rings. The molecule has 0 saturated heterocycles. The van der Waals surface area contributed by atoms with Gasteiger partial charge in [-0.3, -0.25) is 11.3 Å². The Morgan fingerprint density at radius 3 is 2.38 bits per heavy atom. The van der Waals surface area contributed by atoms with Crippen LogP contribution in [0.5, 0.6) is 0 Å². The standard InChI is InChI=1S/C14H11Br2F3N2/c15-8-2-1-7(11(18)6-8)5-12(21-20)9-3-4-10(17)14(19)13(9)16/h1-4,6,12,21H,5,20H2. The summed E-state index contributed by atoms with van der Waals surface area (Å²) >= 11 is 6.18. The summed E-state index contributed by atoms with van der Waals surface area (Å²) in [7, 11) is 0. The van der Waals surface area contributed by atoms with E-state index in [2.05, 4.69) is 37.3 Å². The van der Waals surface area contributed by atoms with Gasteiger partial charge in [-0.25, -0.2) is 13.2 Å². The van der Waals surface area contributed by atoms with Gasteiger partial charge in [-0.1, -0.05) is 28.1 Å². The zero-order chi connectivity index (χ0) is 15.6. The summed E-state index contributed by atoms with van der Waals surface area (Å²) in [5, 5.41) is 0. The third-order valence-corrected chi connectivity index (χ3v) is 4.38. The summed E-state index contributed by atoms with van der Waals surface area (Å²) in [6.45, 7) is 0. The molecule has 1 unspecified atom stereocenters. The molecule has 0 heterocycles. The first kappa shape index (κ1) is 16.5. The Bertz CT molecular complexity index is 665. The summed E-state index contributed by atoms with van der Waals surface area (Å²) in [6.07, 6.45) is 0.194. The van der Waals surface area contributed by atoms with E-state index in [9.17, 15) is 13.2 Å². The van der Waals surface area contributed by atoms with Crippen LogP contribution in [0.4, 0.5) is 13.2 Å². The second-order valence-corrected chi connectivity index (χ2v) is 6.13. The Balaban J connectivity index is 2.34. The lowest BCUT2D eigenvalue weighted by Crippen LogP contribution is -2.30. The van der Waals surface area contributed by atoms with Crippen molar-refractivity contribution in [2.45, 2.75) is 12.5 Å². The normalized spacial score (nSPS) is 12.5. The van der Waals surface area contributed by atoms with Crippen LogP contribution in [0.3, 0.4) is 0 Å². The average molecular weight is 424 g/mol. The maximum atomic E-state index is 13.9. The van der Waals surface area contributed by atoms with Crippen LogP contribution in [0.15, 0.2) is 39.3 Å². The fourth-order valence-corrected chi connectivity index (χ4v) is 2.91. The number of hydrogen-bond acceptors (Lipinski definition) is 2. The van der Waals surface area contributed by atoms with E-state index >= 15 is 0 Å². The lowest BCUT2D eigenvalue weighted by atomic mass is 9.99. The molecule has 0 aliphatic rings. The molecule has 0 fully saturated rings. The first-order valence-corrected chi connectivity index (χ1v) is 7.56. The highest BCUT2D eigenvalue weighted by Crippen LogP contribution is 2.30. The van der Waals surface area contributed by atoms with Crippen molar-refractivity contribution >= 4 is 31.9 Å². The molecular weight excluding hydrogens is 413 g/mol. The average Bonchev–Trinajstić information content (AvgIpc) is 2.45. The lowest BCUT2D eigenvalue weighted by Gasteiger charge is -2.19. The van der Waals surface area contributed by atoms with Crippen LogP contribution in [-0.4, -0.2) is 0 Å². The summed E-state index contributed by atoms with van der Waals surface area (Å²) in [6, 6.07) is 6.50. The van der Waals surface area contributed by atoms with Crippen LogP contribution in [-0.2, 0) is 6.42 Å². The fourth-order valence-electron chi connectivity index (χ4n) is 1.98. The number of hydrogen-bond donors (Lipinski definition) is 2. The second-order valence-electron chi connectivity index (χ2n) is 4.42. The quantitative estimate of drug-likeness (QED) is 0.435. The van der Waals surface area contributed by atoms with E-state index < -0.39 is 23.5 Å². The van der Waals surface area contributed by atoms with Crippen molar-refractivity contribution in [3.8, 4) is 0 Å². The van der Waals surface area contributed by atoms with Gasteiger partial charge in [0.2, 0.25) is 0 Å². The van der Waals surface area contributed by atoms with Crippen molar-refractivity contribution < 1.29 is 13.2 Å². The van der Waals surface area contributed by atoms with Crippen LogP contribution >= 0.6 is 31.9 Å². The second kappa shape index (κ2) is 6.91. The van der Waals surface area contributed by atoms with Crippen molar-refractivity contribution in [2.75, 3.05) is 0 Å². The number of benzene rings is 2. The summed E-state index contributed by atoms with van der Waals surface area (Å²) in [5.41, 5.74) is 3.33. The van der Waals surface area contributed by atoms with Crippen LogP contribution in [0.1, 0.15) is 17.2 Å². The third kappa shape index (κ3) is 3.66. The Morgan fingerprint density at radius 2 is 1.76 bits per heavy atom. The van der Waals surface area contributed by atoms with Crippen LogP contribution in [0, 0.1) is 17.5 Å². The Kier molecular flexibility index (Phi) is 5.43. The fraction of sp³-hybridized carbons (Fsp3) is 0.143. The number of halogens is 5. The highest BCUT2D eigenvalue weighted by molar-refractivity contribution is 9.10. The molecule has 3 N–H and O–H groups in total. The molecule has 1 atom stereocenters. The van der Waals surface area contributed by atoms with Crippen LogP contribution in [0.2, 0.25) is 0 Å². The van der Waals surface area contributed by atoms with Crippen LogP contribution < -0.4 is 11.3 Å². The highest BCUT2D eigenvalue weighted by Gasteiger charge is 2.20. The van der Waals surface area contributed by atoms with Gasteiger partial charge in [0.15, 0.2) is 11.6 Å². The van der Waals surface area contributed by atoms with Crippen LogP contribution in [0.25, 0.3) is 0 Å². The van der Waals surface area contributed by atoms with Gasteiger partial charge >= 0.3 is 0 Å². The Labute approximate surface area is 136 Å². The van der Waals surface area contributed by atoms with Gasteiger partial charge in [0.25, 0.3) is 0 Å². The smallest absolute Gasteiger partial charge is 0.173 e. The number of hydrazine groups is 1. The van der Waals surface area contributed by atoms with Gasteiger partial charge in [0.05, 0.1) is 10.5 Å². The minimum absolute atomic E-state index is 0.0250. The van der Waals surface area contributed by atoms with Gasteiger partial charge in [-0.05, 0) is 51.7 Å². The van der Waals surface area contributed by atoms with Gasteiger partial charge in [-0.2, -0.15) is 0 Å². The molecule has 2 nitrogen and oxygen atoms in total. The predicted molar refractivity (Wildman–Crippen MR) is 81.9 cm³/mol. The first-order chi connectivity index (χ1) is 9.93. The van der Waals surface area contributed by atoms with Gasteiger partial charge in [-0.15, -0.1) is 0 Å². The van der Waals surface area contributed by atoms with E-state index in [0.717, 1.165) is 6.07 Å². The van der Waals surface area contributed by atoms with Gasteiger partial charge in [0, 0.05) is 4.47 Å². The maximum Gasteiger partial charge on any atom is 0.173 e. The molecule has 0 spiro atoms. The monoisotopic (exact) mass is 422 g/mol. The van der Waals surface area contributed by atoms with E-state index in [0.29, 0.717) is 15.6 Å². The Hall–Kier alpha value is -0.890. The molecule has 0 bridgehead atoms. The van der Waals surface area contributed by atoms with Crippen molar-refractivity contribution in [1.29, 1.82) is 0 Å². The van der Waals surface area contributed by atoms with Crippen molar-refractivity contribution in [2.24, 2.45) is 5.84 Å². The van der Waals surface area contributed by atoms with Gasteiger partial charge in [0.1, 0.15) is 5.82 Å². The lowest BCUT2D eigenvalue weighted by molar-refractivity contribution is 0.488. The highest BCUT2D eigenvalue weighted by atomic mass is 79.9. The number of nitrogens with two attached hydrogens (primary N) is 1. The summed E-state index contributed by atoms with van der Waals surface area (Å²) in [5.74, 6) is 3.11. The minimum atomic E-state index is -0.996. The number of nitrogens with one attached hydrogen (secondary N) is 1. The molecule has 0 aromatic heterocycles. The molecule has 0 radical (unpaired) electrons. The third-order valence-electron chi connectivity index (χ3n) is 3.08. The van der Waals surface area contributed by atoms with E-state index in [4.69, 9.17) is 5.84 Å². The molecule has 112 valence electrons. The molecule has 0 saturated carbocycles. The zero-order valence-corrected chi connectivity index (χ0v) is 13.8. The van der Waals surface area contributed by atoms with Crippen molar-refractivity contribution in [1.82, 2.24) is 5.43 Å². The molecular formula is C14H11Br2F3N2. The molecule has 0 aliphatic carbocycles. The maximum absolute atomic E-state index is 13.9. The molecule has 21 heavy (non-hydrogen) atoms.